The van der Waals surface area contributed by atoms with Crippen molar-refractivity contribution in [2.24, 2.45) is 0 Å². The van der Waals surface area contributed by atoms with Gasteiger partial charge >= 0.3 is 0 Å². The van der Waals surface area contributed by atoms with Crippen LogP contribution in [0.3, 0.4) is 0 Å². The van der Waals surface area contributed by atoms with Crippen LogP contribution in [-0.2, 0) is 6.42 Å². The molecule has 0 fully saturated rings. The molecule has 0 aliphatic rings. The van der Waals surface area contributed by atoms with Crippen molar-refractivity contribution >= 4 is 28.4 Å². The van der Waals surface area contributed by atoms with Crippen molar-refractivity contribution < 1.29 is 0 Å². The molecule has 140 valence electrons. The number of rotatable bonds is 5. The molecule has 0 radical (unpaired) electrons. The minimum absolute atomic E-state index is 1.09. The molecule has 0 saturated heterocycles. The molecule has 1 nitrogen and oxygen atoms in total. The van der Waals surface area contributed by atoms with Crippen molar-refractivity contribution in [1.29, 1.82) is 0 Å². The second-order valence-electron chi connectivity index (χ2n) is 7.17. The smallest absolute Gasteiger partial charge is 0.0462 e. The number of thiophene rings is 1. The molecule has 3 aromatic carbocycles. The van der Waals surface area contributed by atoms with E-state index in [-0.39, 0.29) is 0 Å². The number of hydrogen-bond donors (Lipinski definition) is 0. The third-order valence-corrected chi connectivity index (χ3v) is 6.28. The van der Waals surface area contributed by atoms with Crippen LogP contribution in [0.25, 0.3) is 10.4 Å². The molecule has 1 aromatic heterocycles. The zero-order valence-corrected chi connectivity index (χ0v) is 17.5. The first-order valence-corrected chi connectivity index (χ1v) is 10.6. The predicted molar refractivity (Wildman–Crippen MR) is 123 cm³/mol. The van der Waals surface area contributed by atoms with Gasteiger partial charge in [-0.2, -0.15) is 0 Å². The Balaban J connectivity index is 1.73. The average Bonchev–Trinajstić information content (AvgIpc) is 3.21. The molecule has 0 aliphatic carbocycles. The quantitative estimate of drug-likeness (QED) is 0.337. The molecule has 4 aromatic rings. The van der Waals surface area contributed by atoms with Crippen LogP contribution >= 0.6 is 11.3 Å². The molecular formula is C26H25NS. The van der Waals surface area contributed by atoms with Gasteiger partial charge in [0.1, 0.15) is 0 Å². The largest absolute Gasteiger partial charge is 0.311 e. The van der Waals surface area contributed by atoms with Gasteiger partial charge < -0.3 is 4.90 Å². The lowest BCUT2D eigenvalue weighted by atomic mass is 10.1. The Labute approximate surface area is 171 Å². The summed E-state index contributed by atoms with van der Waals surface area (Å²) >= 11 is 1.88. The van der Waals surface area contributed by atoms with Crippen LogP contribution in [0.1, 0.15) is 22.9 Å². The van der Waals surface area contributed by atoms with Crippen molar-refractivity contribution in [1.82, 2.24) is 0 Å². The molecule has 4 rings (SSSR count). The lowest BCUT2D eigenvalue weighted by Gasteiger charge is -2.26. The lowest BCUT2D eigenvalue weighted by Crippen LogP contribution is -2.09. The standard InChI is InChI=1S/C26H25NS/c1-4-25-17-18-26(28-25)21-9-15-24(16-10-21)27(22-11-5-19(2)6-12-22)23-13-7-20(3)8-14-23/h5-18H,4H2,1-3H3. The Morgan fingerprint density at radius 2 is 1.07 bits per heavy atom. The van der Waals surface area contributed by atoms with Crippen LogP contribution in [0, 0.1) is 13.8 Å². The van der Waals surface area contributed by atoms with Crippen molar-refractivity contribution in [2.45, 2.75) is 27.2 Å². The highest BCUT2D eigenvalue weighted by atomic mass is 32.1. The van der Waals surface area contributed by atoms with Crippen LogP contribution in [-0.4, -0.2) is 0 Å². The van der Waals surface area contributed by atoms with Crippen molar-refractivity contribution in [3.63, 3.8) is 0 Å². The van der Waals surface area contributed by atoms with Gasteiger partial charge in [0, 0.05) is 26.8 Å². The van der Waals surface area contributed by atoms with Gasteiger partial charge in [0.05, 0.1) is 0 Å². The van der Waals surface area contributed by atoms with E-state index in [0.717, 1.165) is 6.42 Å². The van der Waals surface area contributed by atoms with E-state index in [4.69, 9.17) is 0 Å². The fraction of sp³-hybridized carbons (Fsp3) is 0.154. The van der Waals surface area contributed by atoms with Crippen LogP contribution in [0.5, 0.6) is 0 Å². The summed E-state index contributed by atoms with van der Waals surface area (Å²) in [6.07, 6.45) is 1.09. The molecule has 0 aliphatic heterocycles. The van der Waals surface area contributed by atoms with E-state index in [2.05, 4.69) is 111 Å². The average molecular weight is 384 g/mol. The van der Waals surface area contributed by atoms with Gasteiger partial charge in [-0.25, -0.2) is 0 Å². The molecular weight excluding hydrogens is 358 g/mol. The third kappa shape index (κ3) is 3.88. The summed E-state index contributed by atoms with van der Waals surface area (Å²) in [6, 6.07) is 30.8. The van der Waals surface area contributed by atoms with E-state index in [9.17, 15) is 0 Å². The fourth-order valence-corrected chi connectivity index (χ4v) is 4.29. The van der Waals surface area contributed by atoms with Gasteiger partial charge in [-0.05, 0) is 74.4 Å². The Morgan fingerprint density at radius 3 is 1.50 bits per heavy atom. The maximum Gasteiger partial charge on any atom is 0.0462 e. The van der Waals surface area contributed by atoms with E-state index >= 15 is 0 Å². The van der Waals surface area contributed by atoms with E-state index in [0.29, 0.717) is 0 Å². The van der Waals surface area contributed by atoms with Gasteiger partial charge in [-0.1, -0.05) is 54.4 Å². The molecule has 0 unspecified atom stereocenters. The minimum Gasteiger partial charge on any atom is -0.311 e. The second-order valence-corrected chi connectivity index (χ2v) is 8.34. The van der Waals surface area contributed by atoms with Crippen LogP contribution in [0.4, 0.5) is 17.1 Å². The molecule has 0 bridgehead atoms. The van der Waals surface area contributed by atoms with E-state index in [1.165, 1.54) is 43.5 Å². The van der Waals surface area contributed by atoms with E-state index in [1.54, 1.807) is 0 Å². The summed E-state index contributed by atoms with van der Waals surface area (Å²) in [5.74, 6) is 0. The zero-order valence-electron chi connectivity index (χ0n) is 16.6. The summed E-state index contributed by atoms with van der Waals surface area (Å²) in [5.41, 5.74) is 7.34. The summed E-state index contributed by atoms with van der Waals surface area (Å²) in [5, 5.41) is 0. The first-order chi connectivity index (χ1) is 13.6. The molecule has 0 atom stereocenters. The lowest BCUT2D eigenvalue weighted by molar-refractivity contribution is 1.19. The van der Waals surface area contributed by atoms with Crippen LogP contribution in [0.2, 0.25) is 0 Å². The summed E-state index contributed by atoms with van der Waals surface area (Å²) in [4.78, 5) is 5.08. The topological polar surface area (TPSA) is 3.24 Å². The highest BCUT2D eigenvalue weighted by Gasteiger charge is 2.12. The van der Waals surface area contributed by atoms with E-state index in [1.807, 2.05) is 11.3 Å². The SMILES string of the molecule is CCc1ccc(-c2ccc(N(c3ccc(C)cc3)c3ccc(C)cc3)cc2)s1. The normalized spacial score (nSPS) is 10.8. The minimum atomic E-state index is 1.09. The monoisotopic (exact) mass is 383 g/mol. The molecule has 0 N–H and O–H groups in total. The van der Waals surface area contributed by atoms with Crippen LogP contribution in [0.15, 0.2) is 84.9 Å². The van der Waals surface area contributed by atoms with Crippen molar-refractivity contribution in [2.75, 3.05) is 4.90 Å². The summed E-state index contributed by atoms with van der Waals surface area (Å²) in [7, 11) is 0. The van der Waals surface area contributed by atoms with Gasteiger partial charge in [-0.3, -0.25) is 0 Å². The fourth-order valence-electron chi connectivity index (χ4n) is 3.33. The number of anilines is 3. The first-order valence-electron chi connectivity index (χ1n) is 9.76. The van der Waals surface area contributed by atoms with E-state index < -0.39 is 0 Å². The molecule has 2 heteroatoms. The first kappa shape index (κ1) is 18.5. The Morgan fingerprint density at radius 1 is 0.607 bits per heavy atom. The Bertz CT molecular complexity index is 996. The number of benzene rings is 3. The highest BCUT2D eigenvalue weighted by molar-refractivity contribution is 7.15. The molecule has 0 spiro atoms. The maximum absolute atomic E-state index is 2.31. The molecule has 0 saturated carbocycles. The van der Waals surface area contributed by atoms with Gasteiger partial charge in [0.15, 0.2) is 0 Å². The van der Waals surface area contributed by atoms with Crippen molar-refractivity contribution in [3.05, 3.63) is 101 Å². The highest BCUT2D eigenvalue weighted by Crippen LogP contribution is 2.36. The van der Waals surface area contributed by atoms with Gasteiger partial charge in [0.2, 0.25) is 0 Å². The zero-order chi connectivity index (χ0) is 19.5. The van der Waals surface area contributed by atoms with Gasteiger partial charge in [0.25, 0.3) is 0 Å². The molecule has 28 heavy (non-hydrogen) atoms. The molecule has 0 amide bonds. The number of hydrogen-bond acceptors (Lipinski definition) is 2. The second kappa shape index (κ2) is 8.04. The summed E-state index contributed by atoms with van der Waals surface area (Å²) < 4.78 is 0. The van der Waals surface area contributed by atoms with Crippen molar-refractivity contribution in [3.8, 4) is 10.4 Å². The number of aryl methyl sites for hydroxylation is 3. The van der Waals surface area contributed by atoms with Gasteiger partial charge in [-0.15, -0.1) is 11.3 Å². The predicted octanol–water partition coefficient (Wildman–Crippen LogP) is 8.06. The summed E-state index contributed by atoms with van der Waals surface area (Å²) in [6.45, 7) is 6.46. The Kier molecular flexibility index (Phi) is 5.31. The third-order valence-electron chi connectivity index (χ3n) is 5.00. The Hall–Kier alpha value is -2.84. The molecule has 1 heterocycles. The van der Waals surface area contributed by atoms with Crippen LogP contribution < -0.4 is 4.90 Å². The maximum atomic E-state index is 2.31. The number of nitrogens with zero attached hydrogens (tertiary/aromatic N) is 1.